The van der Waals surface area contributed by atoms with Crippen molar-refractivity contribution in [2.24, 2.45) is 11.8 Å². The topological polar surface area (TPSA) is 61.9 Å². The monoisotopic (exact) mass is 465 g/mol. The second kappa shape index (κ2) is 11.8. The fraction of sp³-hybridized carbons (Fsp3) is 0.571. The largest absolute Gasteiger partial charge is 0.379 e. The molecular formula is C28H39N3O3. The second-order valence-electron chi connectivity index (χ2n) is 9.65. The van der Waals surface area contributed by atoms with Gasteiger partial charge in [-0.05, 0) is 35.6 Å². The lowest BCUT2D eigenvalue weighted by molar-refractivity contribution is -0.126. The van der Waals surface area contributed by atoms with Crippen LogP contribution in [0.2, 0.25) is 0 Å². The number of morpholine rings is 1. The van der Waals surface area contributed by atoms with Gasteiger partial charge < -0.3 is 15.0 Å². The van der Waals surface area contributed by atoms with Gasteiger partial charge in [-0.15, -0.1) is 0 Å². The Morgan fingerprint density at radius 2 is 1.76 bits per heavy atom. The van der Waals surface area contributed by atoms with Crippen LogP contribution in [0, 0.1) is 11.8 Å². The van der Waals surface area contributed by atoms with Gasteiger partial charge in [-0.25, -0.2) is 0 Å². The van der Waals surface area contributed by atoms with E-state index in [1.807, 2.05) is 47.4 Å². The normalized spacial score (nSPS) is 20.4. The number of amides is 2. The molecule has 0 aromatic heterocycles. The third kappa shape index (κ3) is 5.61. The summed E-state index contributed by atoms with van der Waals surface area (Å²) in [5.74, 6) is 0.506. The predicted molar refractivity (Wildman–Crippen MR) is 136 cm³/mol. The molecule has 4 rings (SSSR count). The molecule has 0 radical (unpaired) electrons. The first-order valence-electron chi connectivity index (χ1n) is 13.0. The van der Waals surface area contributed by atoms with Gasteiger partial charge in [-0.2, -0.15) is 0 Å². The van der Waals surface area contributed by atoms with E-state index in [1.54, 1.807) is 0 Å². The highest BCUT2D eigenvalue weighted by atomic mass is 16.5. The van der Waals surface area contributed by atoms with Crippen molar-refractivity contribution in [2.45, 2.75) is 45.6 Å². The van der Waals surface area contributed by atoms with Crippen LogP contribution < -0.4 is 5.32 Å². The fourth-order valence-electron chi connectivity index (χ4n) is 5.64. The highest BCUT2D eigenvalue weighted by Crippen LogP contribution is 2.24. The van der Waals surface area contributed by atoms with Crippen LogP contribution in [0.5, 0.6) is 0 Å². The van der Waals surface area contributed by atoms with Crippen molar-refractivity contribution >= 4 is 22.6 Å². The van der Waals surface area contributed by atoms with E-state index in [2.05, 4.69) is 24.1 Å². The summed E-state index contributed by atoms with van der Waals surface area (Å²) in [4.78, 5) is 31.0. The molecule has 0 aliphatic carbocycles. The molecule has 6 heteroatoms. The highest BCUT2D eigenvalue weighted by Gasteiger charge is 2.32. The van der Waals surface area contributed by atoms with Gasteiger partial charge in [0.15, 0.2) is 0 Å². The van der Waals surface area contributed by atoms with Gasteiger partial charge in [0.25, 0.3) is 5.91 Å². The molecule has 6 nitrogen and oxygen atoms in total. The van der Waals surface area contributed by atoms with Gasteiger partial charge in [0, 0.05) is 44.3 Å². The van der Waals surface area contributed by atoms with E-state index in [9.17, 15) is 9.59 Å². The van der Waals surface area contributed by atoms with Crippen LogP contribution in [0.4, 0.5) is 0 Å². The van der Waals surface area contributed by atoms with Crippen molar-refractivity contribution in [2.75, 3.05) is 45.9 Å². The van der Waals surface area contributed by atoms with E-state index in [-0.39, 0.29) is 17.7 Å². The maximum Gasteiger partial charge on any atom is 0.254 e. The van der Waals surface area contributed by atoms with Gasteiger partial charge in [-0.1, -0.05) is 63.1 Å². The summed E-state index contributed by atoms with van der Waals surface area (Å²) in [5, 5.41) is 5.31. The molecule has 0 saturated carbocycles. The summed E-state index contributed by atoms with van der Waals surface area (Å²) in [6.45, 7) is 9.71. The molecular weight excluding hydrogens is 426 g/mol. The summed E-state index contributed by atoms with van der Waals surface area (Å²) < 4.78 is 5.55. The molecule has 2 fully saturated rings. The molecule has 184 valence electrons. The lowest BCUT2D eigenvalue weighted by Crippen LogP contribution is -2.53. The van der Waals surface area contributed by atoms with Gasteiger partial charge in [-0.3, -0.25) is 14.5 Å². The first-order valence-corrected chi connectivity index (χ1v) is 13.0. The number of carbonyl (C=O) groups excluding carboxylic acids is 2. The van der Waals surface area contributed by atoms with Crippen LogP contribution in [0.3, 0.4) is 0 Å². The van der Waals surface area contributed by atoms with E-state index in [0.717, 1.165) is 68.3 Å². The molecule has 2 aromatic carbocycles. The molecule has 2 heterocycles. The first kappa shape index (κ1) is 24.7. The molecule has 2 aliphatic heterocycles. The molecule has 2 unspecified atom stereocenters. The number of piperidine rings is 1. The maximum atomic E-state index is 13.4. The third-order valence-corrected chi connectivity index (χ3v) is 7.69. The van der Waals surface area contributed by atoms with Crippen molar-refractivity contribution in [3.8, 4) is 0 Å². The summed E-state index contributed by atoms with van der Waals surface area (Å²) in [6.07, 6.45) is 3.89. The minimum absolute atomic E-state index is 0.0255. The molecule has 34 heavy (non-hydrogen) atoms. The Kier molecular flexibility index (Phi) is 8.57. The maximum absolute atomic E-state index is 13.4. The summed E-state index contributed by atoms with van der Waals surface area (Å²) in [6, 6.07) is 14.2. The predicted octanol–water partition coefficient (Wildman–Crippen LogP) is 3.95. The van der Waals surface area contributed by atoms with Crippen LogP contribution >= 0.6 is 0 Å². The SMILES string of the molecule is CCC(CC)C(CNC(=O)C1CCCN(C(=O)c2cccc3ccccc23)C1)N1CCOCC1. The average molecular weight is 466 g/mol. The Morgan fingerprint density at radius 1 is 1.03 bits per heavy atom. The van der Waals surface area contributed by atoms with Gasteiger partial charge in [0.2, 0.25) is 5.91 Å². The number of carbonyl (C=O) groups is 2. The van der Waals surface area contributed by atoms with E-state index < -0.39 is 0 Å². The number of nitrogens with zero attached hydrogens (tertiary/aromatic N) is 2. The Labute approximate surface area is 203 Å². The van der Waals surface area contributed by atoms with Crippen molar-refractivity contribution in [1.29, 1.82) is 0 Å². The van der Waals surface area contributed by atoms with E-state index in [4.69, 9.17) is 4.74 Å². The zero-order valence-corrected chi connectivity index (χ0v) is 20.7. The number of fused-ring (bicyclic) bond motifs is 1. The minimum atomic E-state index is -0.153. The quantitative estimate of drug-likeness (QED) is 0.641. The molecule has 1 N–H and O–H groups in total. The number of nitrogens with one attached hydrogen (secondary N) is 1. The number of ether oxygens (including phenoxy) is 1. The highest BCUT2D eigenvalue weighted by molar-refractivity contribution is 6.07. The Hall–Kier alpha value is -2.44. The molecule has 0 bridgehead atoms. The fourth-order valence-corrected chi connectivity index (χ4v) is 5.64. The summed E-state index contributed by atoms with van der Waals surface area (Å²) in [5.41, 5.74) is 0.722. The zero-order valence-electron chi connectivity index (χ0n) is 20.7. The molecule has 2 aliphatic rings. The minimum Gasteiger partial charge on any atom is -0.379 e. The van der Waals surface area contributed by atoms with Crippen molar-refractivity contribution in [3.05, 3.63) is 48.0 Å². The number of hydrogen-bond donors (Lipinski definition) is 1. The van der Waals surface area contributed by atoms with Crippen LogP contribution in [0.25, 0.3) is 10.8 Å². The van der Waals surface area contributed by atoms with E-state index >= 15 is 0 Å². The van der Waals surface area contributed by atoms with Crippen molar-refractivity contribution in [3.63, 3.8) is 0 Å². The summed E-state index contributed by atoms with van der Waals surface area (Å²) >= 11 is 0. The van der Waals surface area contributed by atoms with E-state index in [0.29, 0.717) is 31.6 Å². The van der Waals surface area contributed by atoms with E-state index in [1.165, 1.54) is 0 Å². The lowest BCUT2D eigenvalue weighted by Gasteiger charge is -2.39. The van der Waals surface area contributed by atoms with Crippen LogP contribution in [0.15, 0.2) is 42.5 Å². The van der Waals surface area contributed by atoms with Crippen LogP contribution in [-0.2, 0) is 9.53 Å². The third-order valence-electron chi connectivity index (χ3n) is 7.69. The molecule has 0 spiro atoms. The smallest absolute Gasteiger partial charge is 0.254 e. The second-order valence-corrected chi connectivity index (χ2v) is 9.65. The Bertz CT molecular complexity index is 963. The van der Waals surface area contributed by atoms with Gasteiger partial charge in [0.1, 0.15) is 0 Å². The van der Waals surface area contributed by atoms with Crippen molar-refractivity contribution < 1.29 is 14.3 Å². The number of likely N-dealkylation sites (tertiary alicyclic amines) is 1. The zero-order chi connectivity index (χ0) is 23.9. The summed E-state index contributed by atoms with van der Waals surface area (Å²) in [7, 11) is 0. The molecule has 2 aromatic rings. The van der Waals surface area contributed by atoms with Crippen LogP contribution in [-0.4, -0.2) is 73.6 Å². The average Bonchev–Trinajstić information content (AvgIpc) is 2.90. The van der Waals surface area contributed by atoms with Gasteiger partial charge in [0.05, 0.1) is 19.1 Å². The number of hydrogen-bond acceptors (Lipinski definition) is 4. The lowest BCUT2D eigenvalue weighted by atomic mass is 9.91. The van der Waals surface area contributed by atoms with Crippen molar-refractivity contribution in [1.82, 2.24) is 15.1 Å². The first-order chi connectivity index (χ1) is 16.6. The Morgan fingerprint density at radius 3 is 2.53 bits per heavy atom. The molecule has 2 saturated heterocycles. The van der Waals surface area contributed by atoms with Crippen LogP contribution in [0.1, 0.15) is 49.9 Å². The number of rotatable bonds is 8. The Balaban J connectivity index is 1.40. The number of benzene rings is 2. The molecule has 2 atom stereocenters. The molecule has 2 amide bonds. The standard InChI is InChI=1S/C28H39N3O3/c1-3-21(4-2)26(30-15-17-34-18-16-30)19-29-27(32)23-11-8-14-31(20-23)28(33)25-13-7-10-22-9-5-6-12-24(22)25/h5-7,9-10,12-13,21,23,26H,3-4,8,11,14-20H2,1-2H3,(H,29,32). The van der Waals surface area contributed by atoms with Gasteiger partial charge >= 0.3 is 0 Å².